The van der Waals surface area contributed by atoms with Gasteiger partial charge in [0.05, 0.1) is 6.61 Å². The predicted octanol–water partition coefficient (Wildman–Crippen LogP) is 2.33. The Morgan fingerprint density at radius 3 is 3.06 bits per heavy atom. The van der Waals surface area contributed by atoms with E-state index in [9.17, 15) is 0 Å². The first-order valence-corrected chi connectivity index (χ1v) is 6.72. The lowest BCUT2D eigenvalue weighted by molar-refractivity contribution is 0.199. The Labute approximate surface area is 102 Å². The molecule has 0 aromatic heterocycles. The highest BCUT2D eigenvalue weighted by atomic mass is 32.2. The molecule has 1 unspecified atom stereocenters. The van der Waals surface area contributed by atoms with Crippen LogP contribution in [0.2, 0.25) is 0 Å². The molecule has 1 N–H and O–H groups in total. The zero-order chi connectivity index (χ0) is 11.2. The molecular weight excluding hydrogens is 218 g/mol. The minimum Gasteiger partial charge on any atom is -0.383 e. The zero-order valence-electron chi connectivity index (χ0n) is 9.74. The second kappa shape index (κ2) is 6.28. The number of hydrogen-bond acceptors (Lipinski definition) is 3. The molecule has 2 rings (SSSR count). The molecule has 0 bridgehead atoms. The first-order valence-electron chi connectivity index (χ1n) is 5.84. The van der Waals surface area contributed by atoms with E-state index in [1.54, 1.807) is 7.11 Å². The molecule has 0 saturated carbocycles. The summed E-state index contributed by atoms with van der Waals surface area (Å²) in [6.45, 7) is 2.86. The van der Waals surface area contributed by atoms with Crippen molar-refractivity contribution in [2.45, 2.75) is 23.0 Å². The van der Waals surface area contributed by atoms with Crippen molar-refractivity contribution in [1.29, 1.82) is 0 Å². The lowest BCUT2D eigenvalue weighted by atomic mass is 10.1. The molecule has 0 radical (unpaired) electrons. The van der Waals surface area contributed by atoms with Crippen molar-refractivity contribution in [2.75, 3.05) is 26.8 Å². The molecule has 0 saturated heterocycles. The number of ether oxygens (including phenoxy) is 1. The van der Waals surface area contributed by atoms with Gasteiger partial charge in [-0.2, -0.15) is 0 Å². The Hall–Kier alpha value is -0.510. The Morgan fingerprint density at radius 1 is 1.38 bits per heavy atom. The second-order valence-corrected chi connectivity index (χ2v) is 5.43. The van der Waals surface area contributed by atoms with Crippen molar-refractivity contribution in [3.05, 3.63) is 29.8 Å². The third-order valence-electron chi connectivity index (χ3n) is 2.84. The molecule has 1 aromatic rings. The Kier molecular flexibility index (Phi) is 4.69. The molecule has 0 spiro atoms. The fourth-order valence-electron chi connectivity index (χ4n) is 1.98. The van der Waals surface area contributed by atoms with Crippen LogP contribution in [0.4, 0.5) is 0 Å². The van der Waals surface area contributed by atoms with E-state index in [2.05, 4.69) is 29.6 Å². The normalized spacial score (nSPS) is 18.7. The van der Waals surface area contributed by atoms with Crippen LogP contribution in [-0.2, 0) is 11.2 Å². The minimum atomic E-state index is 0.757. The number of hydrogen-bond donors (Lipinski definition) is 1. The molecule has 1 aliphatic rings. The van der Waals surface area contributed by atoms with Crippen LogP contribution in [0.15, 0.2) is 29.2 Å². The lowest BCUT2D eigenvalue weighted by Gasteiger charge is -2.08. The highest BCUT2D eigenvalue weighted by molar-refractivity contribution is 8.00. The highest BCUT2D eigenvalue weighted by Gasteiger charge is 2.20. The Balaban J connectivity index is 1.67. The smallest absolute Gasteiger partial charge is 0.0587 e. The minimum absolute atomic E-state index is 0.757. The Bertz CT molecular complexity index is 304. The fraction of sp³-hybridized carbons (Fsp3) is 0.538. The van der Waals surface area contributed by atoms with Gasteiger partial charge in [-0.25, -0.2) is 0 Å². The summed E-state index contributed by atoms with van der Waals surface area (Å²) in [4.78, 5) is 1.48. The third kappa shape index (κ3) is 3.24. The summed E-state index contributed by atoms with van der Waals surface area (Å²) in [7, 11) is 1.74. The van der Waals surface area contributed by atoms with E-state index in [1.165, 1.54) is 23.3 Å². The summed E-state index contributed by atoms with van der Waals surface area (Å²) in [6.07, 6.45) is 2.47. The lowest BCUT2D eigenvalue weighted by Crippen LogP contribution is -2.22. The van der Waals surface area contributed by atoms with Gasteiger partial charge in [0.1, 0.15) is 0 Å². The molecule has 0 amide bonds. The van der Waals surface area contributed by atoms with E-state index in [-0.39, 0.29) is 0 Å². The van der Waals surface area contributed by atoms with Gasteiger partial charge in [-0.15, -0.1) is 11.8 Å². The molecule has 1 aromatic carbocycles. The maximum absolute atomic E-state index is 5.00. The number of fused-ring (bicyclic) bond motifs is 1. The van der Waals surface area contributed by atoms with Crippen LogP contribution < -0.4 is 5.32 Å². The Morgan fingerprint density at radius 2 is 2.25 bits per heavy atom. The number of thioether (sulfide) groups is 1. The van der Waals surface area contributed by atoms with E-state index in [0.29, 0.717) is 0 Å². The van der Waals surface area contributed by atoms with Crippen molar-refractivity contribution in [3.63, 3.8) is 0 Å². The molecule has 2 nitrogen and oxygen atoms in total. The summed E-state index contributed by atoms with van der Waals surface area (Å²) in [5, 5.41) is 4.16. The van der Waals surface area contributed by atoms with E-state index in [0.717, 1.165) is 24.9 Å². The highest BCUT2D eigenvalue weighted by Crippen LogP contribution is 2.37. The molecule has 3 heteroatoms. The van der Waals surface area contributed by atoms with Gasteiger partial charge < -0.3 is 10.1 Å². The number of methoxy groups -OCH3 is 1. The van der Waals surface area contributed by atoms with Gasteiger partial charge in [-0.1, -0.05) is 18.2 Å². The maximum atomic E-state index is 5.00. The van der Waals surface area contributed by atoms with E-state index in [4.69, 9.17) is 4.74 Å². The number of rotatable bonds is 6. The first-order chi connectivity index (χ1) is 7.90. The second-order valence-electron chi connectivity index (χ2n) is 4.08. The molecule has 0 aliphatic carbocycles. The largest absolute Gasteiger partial charge is 0.383 e. The standard InChI is InChI=1S/C13H19NOS/c1-15-9-8-14-7-6-12-10-11-4-2-3-5-13(11)16-12/h2-5,12,14H,6-10H2,1H3. The maximum Gasteiger partial charge on any atom is 0.0587 e. The fourth-order valence-corrected chi connectivity index (χ4v) is 3.29. The van der Waals surface area contributed by atoms with Crippen molar-refractivity contribution in [3.8, 4) is 0 Å². The quantitative estimate of drug-likeness (QED) is 0.767. The van der Waals surface area contributed by atoms with Crippen LogP contribution in [0.1, 0.15) is 12.0 Å². The van der Waals surface area contributed by atoms with Gasteiger partial charge >= 0.3 is 0 Å². The average molecular weight is 237 g/mol. The zero-order valence-corrected chi connectivity index (χ0v) is 10.6. The van der Waals surface area contributed by atoms with Gasteiger partial charge in [0.25, 0.3) is 0 Å². The van der Waals surface area contributed by atoms with Crippen LogP contribution in [0, 0.1) is 0 Å². The van der Waals surface area contributed by atoms with Crippen molar-refractivity contribution in [1.82, 2.24) is 5.32 Å². The summed E-state index contributed by atoms with van der Waals surface area (Å²) >= 11 is 2.03. The van der Waals surface area contributed by atoms with E-state index >= 15 is 0 Å². The van der Waals surface area contributed by atoms with Crippen molar-refractivity contribution >= 4 is 11.8 Å². The van der Waals surface area contributed by atoms with Crippen LogP contribution in [0.5, 0.6) is 0 Å². The molecule has 88 valence electrons. The molecule has 1 heterocycles. The van der Waals surface area contributed by atoms with Gasteiger partial charge in [0.2, 0.25) is 0 Å². The number of nitrogens with one attached hydrogen (secondary N) is 1. The van der Waals surface area contributed by atoms with E-state index < -0.39 is 0 Å². The topological polar surface area (TPSA) is 21.3 Å². The van der Waals surface area contributed by atoms with Gasteiger partial charge in [-0.3, -0.25) is 0 Å². The van der Waals surface area contributed by atoms with Crippen molar-refractivity contribution < 1.29 is 4.74 Å². The average Bonchev–Trinajstić information content (AvgIpc) is 2.71. The summed E-state index contributed by atoms with van der Waals surface area (Å²) in [5.74, 6) is 0. The van der Waals surface area contributed by atoms with Gasteiger partial charge in [0.15, 0.2) is 0 Å². The third-order valence-corrected chi connectivity index (χ3v) is 4.23. The molecule has 1 atom stereocenters. The van der Waals surface area contributed by atoms with Gasteiger partial charge in [0, 0.05) is 23.8 Å². The summed E-state index contributed by atoms with van der Waals surface area (Å²) < 4.78 is 5.00. The van der Waals surface area contributed by atoms with Crippen molar-refractivity contribution in [2.24, 2.45) is 0 Å². The van der Waals surface area contributed by atoms with Crippen LogP contribution in [-0.4, -0.2) is 32.1 Å². The van der Waals surface area contributed by atoms with Crippen LogP contribution in [0.25, 0.3) is 0 Å². The molecular formula is C13H19NOS. The van der Waals surface area contributed by atoms with Crippen LogP contribution in [0.3, 0.4) is 0 Å². The molecule has 16 heavy (non-hydrogen) atoms. The summed E-state index contributed by atoms with van der Waals surface area (Å²) in [5.41, 5.74) is 1.52. The molecule has 1 aliphatic heterocycles. The van der Waals surface area contributed by atoms with Gasteiger partial charge in [-0.05, 0) is 31.0 Å². The molecule has 0 fully saturated rings. The SMILES string of the molecule is COCCNCCC1Cc2ccccc2S1. The predicted molar refractivity (Wildman–Crippen MR) is 69.2 cm³/mol. The van der Waals surface area contributed by atoms with Crippen LogP contribution >= 0.6 is 11.8 Å². The monoisotopic (exact) mass is 237 g/mol. The van der Waals surface area contributed by atoms with E-state index in [1.807, 2.05) is 11.8 Å². The number of benzene rings is 1. The summed E-state index contributed by atoms with van der Waals surface area (Å²) in [6, 6.07) is 8.75. The first kappa shape index (κ1) is 12.0.